The molecule has 2 aromatic heterocycles. The largest absolute Gasteiger partial charge is 0.369 e. The first-order chi connectivity index (χ1) is 10.7. The van der Waals surface area contributed by atoms with E-state index in [1.165, 1.54) is 0 Å². The molecule has 0 radical (unpaired) electrons. The minimum Gasteiger partial charge on any atom is -0.369 e. The van der Waals surface area contributed by atoms with Crippen molar-refractivity contribution < 1.29 is 9.26 Å². The number of aryl methyl sites for hydroxylation is 2. The summed E-state index contributed by atoms with van der Waals surface area (Å²) in [5.41, 5.74) is 1.85. The maximum absolute atomic E-state index is 5.75. The van der Waals surface area contributed by atoms with Crippen molar-refractivity contribution >= 4 is 5.82 Å². The summed E-state index contributed by atoms with van der Waals surface area (Å²) in [5.74, 6) is 2.29. The van der Waals surface area contributed by atoms with E-state index in [0.29, 0.717) is 13.2 Å². The maximum Gasteiger partial charge on any atom is 0.156 e. The van der Waals surface area contributed by atoms with Crippen molar-refractivity contribution in [3.63, 3.8) is 0 Å². The molecule has 7 heteroatoms. The zero-order valence-electron chi connectivity index (χ0n) is 12.9. The van der Waals surface area contributed by atoms with Gasteiger partial charge in [0.15, 0.2) is 5.76 Å². The Hall–Kier alpha value is -1.99. The molecule has 3 heterocycles. The monoisotopic (exact) mass is 303 g/mol. The van der Waals surface area contributed by atoms with Crippen molar-refractivity contribution in [3.8, 4) is 0 Å². The van der Waals surface area contributed by atoms with E-state index in [-0.39, 0.29) is 6.10 Å². The smallest absolute Gasteiger partial charge is 0.156 e. The van der Waals surface area contributed by atoms with E-state index in [0.717, 1.165) is 48.3 Å². The summed E-state index contributed by atoms with van der Waals surface area (Å²) < 4.78 is 11.0. The molecule has 1 aliphatic rings. The molecule has 2 N–H and O–H groups in total. The molecule has 0 bridgehead atoms. The van der Waals surface area contributed by atoms with Crippen LogP contribution in [-0.4, -0.2) is 34.8 Å². The van der Waals surface area contributed by atoms with Crippen LogP contribution in [0.4, 0.5) is 5.82 Å². The molecule has 3 rings (SSSR count). The number of rotatable bonds is 5. The molecule has 1 fully saturated rings. The fourth-order valence-corrected chi connectivity index (χ4v) is 2.39. The van der Waals surface area contributed by atoms with Crippen LogP contribution in [-0.2, 0) is 17.7 Å². The molecule has 0 saturated carbocycles. The SMILES string of the molecule is CCc1cc(CNc2cc([C@H]3CNCCO3)nc(C)n2)on1. The van der Waals surface area contributed by atoms with Gasteiger partial charge >= 0.3 is 0 Å². The number of anilines is 1. The molecular formula is C15H21N5O2. The van der Waals surface area contributed by atoms with Gasteiger partial charge in [0.2, 0.25) is 0 Å². The van der Waals surface area contributed by atoms with Crippen molar-refractivity contribution in [2.24, 2.45) is 0 Å². The second kappa shape index (κ2) is 6.85. The molecule has 22 heavy (non-hydrogen) atoms. The van der Waals surface area contributed by atoms with Crippen molar-refractivity contribution in [1.82, 2.24) is 20.4 Å². The van der Waals surface area contributed by atoms with Crippen molar-refractivity contribution in [2.45, 2.75) is 32.9 Å². The van der Waals surface area contributed by atoms with Crippen LogP contribution in [0.15, 0.2) is 16.7 Å². The number of nitrogens with zero attached hydrogens (tertiary/aromatic N) is 3. The van der Waals surface area contributed by atoms with Crippen LogP contribution in [0.1, 0.15) is 36.0 Å². The third-order valence-corrected chi connectivity index (χ3v) is 3.53. The van der Waals surface area contributed by atoms with Gasteiger partial charge in [0.1, 0.15) is 17.7 Å². The summed E-state index contributed by atoms with van der Waals surface area (Å²) in [5, 5.41) is 10.5. The lowest BCUT2D eigenvalue weighted by molar-refractivity contribution is 0.0249. The fourth-order valence-electron chi connectivity index (χ4n) is 2.39. The third-order valence-electron chi connectivity index (χ3n) is 3.53. The van der Waals surface area contributed by atoms with E-state index >= 15 is 0 Å². The van der Waals surface area contributed by atoms with Crippen LogP contribution in [0.3, 0.4) is 0 Å². The van der Waals surface area contributed by atoms with Gasteiger partial charge in [-0.05, 0) is 13.3 Å². The Kier molecular flexibility index (Phi) is 4.65. The average Bonchev–Trinajstić information content (AvgIpc) is 3.01. The molecule has 1 saturated heterocycles. The highest BCUT2D eigenvalue weighted by molar-refractivity contribution is 5.37. The van der Waals surface area contributed by atoms with Gasteiger partial charge in [-0.25, -0.2) is 9.97 Å². The number of hydrogen-bond acceptors (Lipinski definition) is 7. The summed E-state index contributed by atoms with van der Waals surface area (Å²) in [6, 6.07) is 3.89. The highest BCUT2D eigenvalue weighted by Crippen LogP contribution is 2.19. The summed E-state index contributed by atoms with van der Waals surface area (Å²) in [6.07, 6.45) is 0.847. The van der Waals surface area contributed by atoms with Crippen molar-refractivity contribution in [2.75, 3.05) is 25.0 Å². The summed E-state index contributed by atoms with van der Waals surface area (Å²) in [4.78, 5) is 8.89. The van der Waals surface area contributed by atoms with Gasteiger partial charge in [-0.15, -0.1) is 0 Å². The number of morpholine rings is 1. The minimum atomic E-state index is -0.0204. The van der Waals surface area contributed by atoms with Crippen molar-refractivity contribution in [1.29, 1.82) is 0 Å². The third kappa shape index (κ3) is 3.61. The number of aromatic nitrogens is 3. The summed E-state index contributed by atoms with van der Waals surface area (Å²) in [7, 11) is 0. The number of ether oxygens (including phenoxy) is 1. The van der Waals surface area contributed by atoms with Crippen LogP contribution in [0.25, 0.3) is 0 Å². The average molecular weight is 303 g/mol. The first kappa shape index (κ1) is 14.9. The fraction of sp³-hybridized carbons (Fsp3) is 0.533. The molecule has 0 aromatic carbocycles. The van der Waals surface area contributed by atoms with E-state index < -0.39 is 0 Å². The van der Waals surface area contributed by atoms with Gasteiger partial charge < -0.3 is 19.9 Å². The Morgan fingerprint density at radius 3 is 3.00 bits per heavy atom. The first-order valence-electron chi connectivity index (χ1n) is 7.61. The molecule has 0 amide bonds. The van der Waals surface area contributed by atoms with Crippen LogP contribution >= 0.6 is 0 Å². The Morgan fingerprint density at radius 2 is 2.27 bits per heavy atom. The zero-order chi connectivity index (χ0) is 15.4. The first-order valence-corrected chi connectivity index (χ1v) is 7.61. The second-order valence-corrected chi connectivity index (χ2v) is 5.28. The zero-order valence-corrected chi connectivity index (χ0v) is 12.9. The predicted molar refractivity (Wildman–Crippen MR) is 81.5 cm³/mol. The van der Waals surface area contributed by atoms with Gasteiger partial charge in [0.05, 0.1) is 24.5 Å². The lowest BCUT2D eigenvalue weighted by atomic mass is 10.2. The highest BCUT2D eigenvalue weighted by Gasteiger charge is 2.18. The molecule has 2 aromatic rings. The number of nitrogens with one attached hydrogen (secondary N) is 2. The predicted octanol–water partition coefficient (Wildman–Crippen LogP) is 1.61. The summed E-state index contributed by atoms with van der Waals surface area (Å²) >= 11 is 0. The van der Waals surface area contributed by atoms with E-state index in [9.17, 15) is 0 Å². The van der Waals surface area contributed by atoms with E-state index in [1.807, 2.05) is 26.0 Å². The molecule has 0 spiro atoms. The molecule has 0 unspecified atom stereocenters. The molecule has 1 aliphatic heterocycles. The molecule has 7 nitrogen and oxygen atoms in total. The summed E-state index contributed by atoms with van der Waals surface area (Å²) in [6.45, 7) is 6.84. The van der Waals surface area contributed by atoms with Crippen molar-refractivity contribution in [3.05, 3.63) is 35.1 Å². The highest BCUT2D eigenvalue weighted by atomic mass is 16.5. The standard InChI is InChI=1S/C15H21N5O2/c1-3-11-6-12(22-20-11)8-17-15-7-13(18-10(2)19-15)14-9-16-4-5-21-14/h6-7,14,16H,3-5,8-9H2,1-2H3,(H,17,18,19)/t14-/m1/s1. The topological polar surface area (TPSA) is 85.1 Å². The van der Waals surface area contributed by atoms with Crippen LogP contribution in [0.2, 0.25) is 0 Å². The van der Waals surface area contributed by atoms with Gasteiger partial charge in [-0.2, -0.15) is 0 Å². The lowest BCUT2D eigenvalue weighted by Crippen LogP contribution is -2.34. The molecular weight excluding hydrogens is 282 g/mol. The normalized spacial score (nSPS) is 18.4. The second-order valence-electron chi connectivity index (χ2n) is 5.28. The van der Waals surface area contributed by atoms with Crippen LogP contribution in [0.5, 0.6) is 0 Å². The quantitative estimate of drug-likeness (QED) is 0.868. The van der Waals surface area contributed by atoms with Crippen LogP contribution in [0, 0.1) is 6.92 Å². The lowest BCUT2D eigenvalue weighted by Gasteiger charge is -2.23. The molecule has 118 valence electrons. The van der Waals surface area contributed by atoms with Crippen LogP contribution < -0.4 is 10.6 Å². The van der Waals surface area contributed by atoms with E-state index in [2.05, 4.69) is 25.8 Å². The molecule has 0 aliphatic carbocycles. The van der Waals surface area contributed by atoms with E-state index in [4.69, 9.17) is 9.26 Å². The van der Waals surface area contributed by atoms with E-state index in [1.54, 1.807) is 0 Å². The Labute approximate surface area is 129 Å². The van der Waals surface area contributed by atoms with Gasteiger partial charge in [-0.3, -0.25) is 0 Å². The Bertz CT molecular complexity index is 622. The van der Waals surface area contributed by atoms with Gasteiger partial charge in [0.25, 0.3) is 0 Å². The van der Waals surface area contributed by atoms with Gasteiger partial charge in [0, 0.05) is 25.2 Å². The Balaban J connectivity index is 1.68. The maximum atomic E-state index is 5.75. The molecule has 1 atom stereocenters. The van der Waals surface area contributed by atoms with Gasteiger partial charge in [-0.1, -0.05) is 12.1 Å². The number of hydrogen-bond donors (Lipinski definition) is 2. The minimum absolute atomic E-state index is 0.0204. The Morgan fingerprint density at radius 1 is 1.36 bits per heavy atom.